The minimum absolute atomic E-state index is 0.0443. The predicted octanol–water partition coefficient (Wildman–Crippen LogP) is 4.38. The van der Waals surface area contributed by atoms with E-state index in [0.717, 1.165) is 19.3 Å². The number of carbonyl (C=O) groups is 11. The van der Waals surface area contributed by atoms with Crippen molar-refractivity contribution in [3.8, 4) is 0 Å². The highest BCUT2D eigenvalue weighted by molar-refractivity contribution is 5.85. The summed E-state index contributed by atoms with van der Waals surface area (Å²) >= 11 is 0. The number of aliphatic hydroxyl groups is 6. The molecule has 0 radical (unpaired) electrons. The van der Waals surface area contributed by atoms with Crippen molar-refractivity contribution in [3.05, 3.63) is 0 Å². The van der Waals surface area contributed by atoms with Crippen LogP contribution in [0.3, 0.4) is 0 Å². The molecule has 0 rings (SSSR count). The SMILES string of the molecule is CCCCCCCCCCCC(=O)OC(C)CN(CC(C)O)C(=O)CCC(=O)OC(C)CN(CC(C)OC(=O)CCC(=O)N(CC(C)C)CC(C)O)C(=O)CCC(=O)N(CC(C)OC(=O)CCC(=O)N(CC(C)O)CC(C)O)CC(C)OC(=O)CCC(=O)N(CC(C)O)CC(C)O. The Kier molecular flexibility index (Phi) is 47.9. The standard InChI is InChI=1S/C69H124N6O22/c1-15-16-17-18-19-20-21-22-23-24-65(88)93-54(10)42-73(41-53(9)81)64(87)30-34-69(92)97-58(14)46-74(43-55(11)94-66(89)31-27-61(84)70(35-47(2)3)36-48(4)76)59(82)25-26-60(83)75(44-56(12)95-67(90)32-28-62(85)71(37-49(5)77)38-50(6)78)45-57(13)96-68(91)33-29-63(86)72(39-51(7)79)40-52(8)80/h47-58,76-81H,15-46H2,1-14H3. The molecule has 562 valence electrons. The summed E-state index contributed by atoms with van der Waals surface area (Å²) in [6.07, 6.45) is -4.24. The lowest BCUT2D eigenvalue weighted by Gasteiger charge is -2.30. The molecule has 0 fully saturated rings. The molecule has 0 aliphatic heterocycles. The number of ether oxygens (including phenoxy) is 5. The van der Waals surface area contributed by atoms with Crippen LogP contribution in [0.2, 0.25) is 0 Å². The maximum atomic E-state index is 14.4. The quantitative estimate of drug-likeness (QED) is 0.0279. The van der Waals surface area contributed by atoms with E-state index in [-0.39, 0.29) is 122 Å². The lowest BCUT2D eigenvalue weighted by atomic mass is 10.1. The lowest BCUT2D eigenvalue weighted by Crippen LogP contribution is -2.45. The van der Waals surface area contributed by atoms with Gasteiger partial charge in [0.15, 0.2) is 0 Å². The molecule has 0 spiro atoms. The van der Waals surface area contributed by atoms with Gasteiger partial charge in [0, 0.05) is 90.8 Å². The van der Waals surface area contributed by atoms with Crippen LogP contribution in [0.15, 0.2) is 0 Å². The Morgan fingerprint density at radius 2 is 0.412 bits per heavy atom. The van der Waals surface area contributed by atoms with Crippen LogP contribution in [-0.4, -0.2) is 271 Å². The summed E-state index contributed by atoms with van der Waals surface area (Å²) in [4.78, 5) is 155. The summed E-state index contributed by atoms with van der Waals surface area (Å²) in [5.41, 5.74) is 0. The largest absolute Gasteiger partial charge is 0.461 e. The van der Waals surface area contributed by atoms with Gasteiger partial charge in [-0.05, 0) is 88.5 Å². The zero-order chi connectivity index (χ0) is 73.9. The molecule has 0 bridgehead atoms. The first-order valence-electron chi connectivity index (χ1n) is 35.1. The normalized spacial score (nSPS) is 14.8. The molecule has 11 atom stereocenters. The molecule has 28 nitrogen and oxygen atoms in total. The highest BCUT2D eigenvalue weighted by atomic mass is 16.6. The second kappa shape index (κ2) is 51.1. The molecule has 0 heterocycles. The molecule has 0 aromatic rings. The Balaban J connectivity index is 6.65. The second-order valence-electron chi connectivity index (χ2n) is 26.9. The molecule has 0 aliphatic rings. The molecule has 0 aromatic carbocycles. The van der Waals surface area contributed by atoms with Crippen LogP contribution in [0.1, 0.15) is 225 Å². The fourth-order valence-corrected chi connectivity index (χ4v) is 10.8. The van der Waals surface area contributed by atoms with E-state index in [1.807, 2.05) is 13.8 Å². The highest BCUT2D eigenvalue weighted by Gasteiger charge is 2.30. The summed E-state index contributed by atoms with van der Waals surface area (Å²) in [7, 11) is 0. The minimum Gasteiger partial charge on any atom is -0.461 e. The summed E-state index contributed by atoms with van der Waals surface area (Å²) < 4.78 is 28.2. The number of nitrogens with zero attached hydrogens (tertiary/aromatic N) is 6. The molecule has 97 heavy (non-hydrogen) atoms. The van der Waals surface area contributed by atoms with Crippen molar-refractivity contribution in [1.29, 1.82) is 0 Å². The Bertz CT molecular complexity index is 2250. The van der Waals surface area contributed by atoms with Gasteiger partial charge in [-0.25, -0.2) is 0 Å². The number of hydrogen-bond donors (Lipinski definition) is 6. The molecular weight excluding hydrogens is 1260 g/mol. The minimum atomic E-state index is -1.06. The van der Waals surface area contributed by atoms with Gasteiger partial charge in [0.1, 0.15) is 30.5 Å². The van der Waals surface area contributed by atoms with E-state index in [1.54, 1.807) is 6.92 Å². The Hall–Kier alpha value is -6.07. The van der Waals surface area contributed by atoms with Crippen LogP contribution in [-0.2, 0) is 76.4 Å². The molecule has 0 aliphatic carbocycles. The average molecular weight is 1390 g/mol. The molecule has 0 saturated heterocycles. The van der Waals surface area contributed by atoms with Crippen molar-refractivity contribution in [3.63, 3.8) is 0 Å². The highest BCUT2D eigenvalue weighted by Crippen LogP contribution is 2.17. The molecular formula is C69H124N6O22. The number of amides is 6. The van der Waals surface area contributed by atoms with Gasteiger partial charge in [-0.3, -0.25) is 52.7 Å². The van der Waals surface area contributed by atoms with Crippen LogP contribution in [0.25, 0.3) is 0 Å². The van der Waals surface area contributed by atoms with Gasteiger partial charge in [0.05, 0.1) is 95.0 Å². The molecule has 6 amide bonds. The van der Waals surface area contributed by atoms with Gasteiger partial charge in [-0.1, -0.05) is 72.1 Å². The summed E-state index contributed by atoms with van der Waals surface area (Å²) in [5.74, 6) is -6.93. The third-order valence-electron chi connectivity index (χ3n) is 14.9. The van der Waals surface area contributed by atoms with E-state index in [4.69, 9.17) is 23.7 Å². The van der Waals surface area contributed by atoms with Crippen LogP contribution in [0.5, 0.6) is 0 Å². The molecule has 6 N–H and O–H groups in total. The maximum Gasteiger partial charge on any atom is 0.306 e. The Morgan fingerprint density at radius 1 is 0.237 bits per heavy atom. The number of hydrogen-bond acceptors (Lipinski definition) is 22. The first-order chi connectivity index (χ1) is 45.4. The first-order valence-corrected chi connectivity index (χ1v) is 35.1. The number of aliphatic hydroxyl groups excluding tert-OH is 6. The Labute approximate surface area is 576 Å². The molecule has 0 saturated carbocycles. The van der Waals surface area contributed by atoms with Gasteiger partial charge >= 0.3 is 29.8 Å². The fraction of sp³-hybridized carbons (Fsp3) is 0.841. The third-order valence-corrected chi connectivity index (χ3v) is 14.9. The van der Waals surface area contributed by atoms with Crippen LogP contribution in [0, 0.1) is 5.92 Å². The number of esters is 5. The summed E-state index contributed by atoms with van der Waals surface area (Å²) in [6.45, 7) is 21.0. The number of carbonyl (C=O) groups excluding carboxylic acids is 11. The van der Waals surface area contributed by atoms with Gasteiger partial charge in [0.2, 0.25) is 35.4 Å². The van der Waals surface area contributed by atoms with Crippen molar-refractivity contribution in [1.82, 2.24) is 29.4 Å². The third kappa shape index (κ3) is 46.8. The van der Waals surface area contributed by atoms with Crippen LogP contribution in [0.4, 0.5) is 0 Å². The maximum absolute atomic E-state index is 14.4. The van der Waals surface area contributed by atoms with E-state index in [0.29, 0.717) is 13.0 Å². The van der Waals surface area contributed by atoms with E-state index in [9.17, 15) is 83.4 Å². The van der Waals surface area contributed by atoms with E-state index in [1.165, 1.54) is 131 Å². The van der Waals surface area contributed by atoms with Crippen molar-refractivity contribution in [2.24, 2.45) is 5.92 Å². The predicted molar refractivity (Wildman–Crippen MR) is 360 cm³/mol. The van der Waals surface area contributed by atoms with Crippen LogP contribution < -0.4 is 0 Å². The molecule has 11 unspecified atom stereocenters. The fourth-order valence-electron chi connectivity index (χ4n) is 10.8. The Morgan fingerprint density at radius 3 is 0.629 bits per heavy atom. The zero-order valence-corrected chi connectivity index (χ0v) is 61.0. The zero-order valence-electron chi connectivity index (χ0n) is 61.0. The van der Waals surface area contributed by atoms with Crippen molar-refractivity contribution in [2.75, 3.05) is 78.5 Å². The van der Waals surface area contributed by atoms with Gasteiger partial charge in [-0.15, -0.1) is 0 Å². The van der Waals surface area contributed by atoms with Crippen LogP contribution >= 0.6 is 0 Å². The molecule has 28 heteroatoms. The van der Waals surface area contributed by atoms with Crippen molar-refractivity contribution >= 4 is 65.3 Å². The van der Waals surface area contributed by atoms with Gasteiger partial charge in [-0.2, -0.15) is 0 Å². The van der Waals surface area contributed by atoms with E-state index >= 15 is 0 Å². The first kappa shape index (κ1) is 90.9. The average Bonchev–Trinajstić information content (AvgIpc) is 1.27. The number of rotatable bonds is 54. The smallest absolute Gasteiger partial charge is 0.306 e. The van der Waals surface area contributed by atoms with E-state index < -0.39 is 159 Å². The van der Waals surface area contributed by atoms with Gasteiger partial charge < -0.3 is 83.7 Å². The summed E-state index contributed by atoms with van der Waals surface area (Å²) in [6, 6.07) is 0. The molecule has 0 aromatic heterocycles. The monoisotopic (exact) mass is 1390 g/mol. The van der Waals surface area contributed by atoms with Crippen molar-refractivity contribution < 1.29 is 107 Å². The topological polar surface area (TPSA) is 375 Å². The van der Waals surface area contributed by atoms with E-state index in [2.05, 4.69) is 6.92 Å². The van der Waals surface area contributed by atoms with Crippen molar-refractivity contribution in [2.45, 2.75) is 292 Å². The number of unbranched alkanes of at least 4 members (excludes halogenated alkanes) is 8. The van der Waals surface area contributed by atoms with Gasteiger partial charge in [0.25, 0.3) is 0 Å². The lowest BCUT2D eigenvalue weighted by molar-refractivity contribution is -0.157. The summed E-state index contributed by atoms with van der Waals surface area (Å²) in [5, 5.41) is 60.0. The second-order valence-corrected chi connectivity index (χ2v) is 26.9.